The Balaban J connectivity index is 2.46. The van der Waals surface area contributed by atoms with Crippen LogP contribution >= 0.6 is 0 Å². The van der Waals surface area contributed by atoms with Crippen LogP contribution in [0.5, 0.6) is 0 Å². The molecule has 7 nitrogen and oxygen atoms in total. The first kappa shape index (κ1) is 9.20. The van der Waals surface area contributed by atoms with Crippen molar-refractivity contribution in [1.29, 1.82) is 0 Å². The minimum atomic E-state index is -1.54. The Hall–Kier alpha value is -0.890. The van der Waals surface area contributed by atoms with Gasteiger partial charge in [-0.1, -0.05) is 0 Å². The van der Waals surface area contributed by atoms with E-state index < -0.39 is 18.5 Å². The first-order chi connectivity index (χ1) is 5.61. The highest BCUT2D eigenvalue weighted by Gasteiger charge is 2.29. The Bertz CT molecular complexity index is 174. The quantitative estimate of drug-likeness (QED) is 0.290. The summed E-state index contributed by atoms with van der Waals surface area (Å²) in [7, 11) is 0. The van der Waals surface area contributed by atoms with Gasteiger partial charge in [-0.15, -0.1) is 0 Å². The number of nitrogens with two attached hydrogens (primary N) is 1. The summed E-state index contributed by atoms with van der Waals surface area (Å²) in [5, 5.41) is 21.7. The van der Waals surface area contributed by atoms with Gasteiger partial charge in [-0.25, -0.2) is 4.79 Å². The third-order valence-electron chi connectivity index (χ3n) is 1.58. The maximum atomic E-state index is 10.4. The zero-order valence-electron chi connectivity index (χ0n) is 6.40. The second-order valence-corrected chi connectivity index (χ2v) is 2.48. The lowest BCUT2D eigenvalue weighted by atomic mass is 10.5. The van der Waals surface area contributed by atoms with Gasteiger partial charge in [-0.3, -0.25) is 10.7 Å². The highest BCUT2D eigenvalue weighted by Crippen LogP contribution is 2.01. The number of carbonyl (C=O) groups is 1. The lowest BCUT2D eigenvalue weighted by Crippen LogP contribution is -2.54. The molecular weight excluding hydrogens is 164 g/mol. The van der Waals surface area contributed by atoms with Gasteiger partial charge in [0.2, 0.25) is 0 Å². The number of carbonyl (C=O) groups excluding carboxylic acids is 1. The lowest BCUT2D eigenvalue weighted by molar-refractivity contribution is -0.102. The van der Waals surface area contributed by atoms with Crippen molar-refractivity contribution in [2.45, 2.75) is 12.5 Å². The number of primary amides is 1. The van der Waals surface area contributed by atoms with Gasteiger partial charge in [0.15, 0.2) is 6.29 Å². The van der Waals surface area contributed by atoms with Crippen LogP contribution in [0, 0.1) is 0 Å². The second-order valence-electron chi connectivity index (χ2n) is 2.48. The normalized spacial score (nSPS) is 24.8. The molecule has 1 saturated heterocycles. The molecule has 70 valence electrons. The van der Waals surface area contributed by atoms with E-state index in [0.717, 1.165) is 0 Å². The van der Waals surface area contributed by atoms with Crippen molar-refractivity contribution in [3.8, 4) is 0 Å². The number of nitrogens with one attached hydrogen (secondary N) is 2. The zero-order valence-corrected chi connectivity index (χ0v) is 6.40. The first-order valence-electron chi connectivity index (χ1n) is 3.53. The molecule has 1 unspecified atom stereocenters. The van der Waals surface area contributed by atoms with E-state index in [1.807, 2.05) is 0 Å². The van der Waals surface area contributed by atoms with Gasteiger partial charge in [0, 0.05) is 13.1 Å². The fraction of sp³-hybridized carbons (Fsp3) is 0.800. The van der Waals surface area contributed by atoms with Gasteiger partial charge in [0.25, 0.3) is 0 Å². The maximum Gasteiger partial charge on any atom is 0.326 e. The summed E-state index contributed by atoms with van der Waals surface area (Å²) in [5.74, 6) is 0. The molecule has 0 radical (unpaired) electrons. The number of aliphatic hydroxyl groups excluding tert-OH is 1. The molecule has 0 aromatic carbocycles. The van der Waals surface area contributed by atoms with E-state index >= 15 is 0 Å². The largest absolute Gasteiger partial charge is 0.366 e. The number of hydrogen-bond acceptors (Lipinski definition) is 5. The van der Waals surface area contributed by atoms with Crippen LogP contribution in [0.4, 0.5) is 4.79 Å². The second kappa shape index (κ2) is 3.68. The molecule has 7 heteroatoms. The van der Waals surface area contributed by atoms with Gasteiger partial charge < -0.3 is 15.9 Å². The van der Waals surface area contributed by atoms with Crippen LogP contribution in [0.25, 0.3) is 0 Å². The minimum Gasteiger partial charge on any atom is -0.366 e. The highest BCUT2D eigenvalue weighted by molar-refractivity contribution is 5.71. The molecule has 0 aliphatic carbocycles. The molecule has 0 aromatic rings. The molecular formula is C5H12N4O3. The zero-order chi connectivity index (χ0) is 9.14. The SMILES string of the molecule is NC(=O)NN1CCNC1C(O)O. The summed E-state index contributed by atoms with van der Waals surface area (Å²) in [5.41, 5.74) is 7.11. The van der Waals surface area contributed by atoms with Crippen molar-refractivity contribution in [3.63, 3.8) is 0 Å². The van der Waals surface area contributed by atoms with Crippen LogP contribution < -0.4 is 16.5 Å². The highest BCUT2D eigenvalue weighted by atomic mass is 16.5. The van der Waals surface area contributed by atoms with Crippen molar-refractivity contribution in [3.05, 3.63) is 0 Å². The van der Waals surface area contributed by atoms with Crippen LogP contribution in [-0.2, 0) is 0 Å². The van der Waals surface area contributed by atoms with E-state index in [1.165, 1.54) is 5.01 Å². The average molecular weight is 176 g/mol. The van der Waals surface area contributed by atoms with Crippen LogP contribution in [0.1, 0.15) is 0 Å². The number of hydrazine groups is 1. The van der Waals surface area contributed by atoms with E-state index in [9.17, 15) is 4.79 Å². The maximum absolute atomic E-state index is 10.4. The Morgan fingerprint density at radius 1 is 1.75 bits per heavy atom. The molecule has 1 heterocycles. The molecule has 0 aromatic heterocycles. The predicted molar refractivity (Wildman–Crippen MR) is 39.4 cm³/mol. The van der Waals surface area contributed by atoms with Crippen LogP contribution in [0.3, 0.4) is 0 Å². The molecule has 0 bridgehead atoms. The van der Waals surface area contributed by atoms with Crippen molar-refractivity contribution >= 4 is 6.03 Å². The summed E-state index contributed by atoms with van der Waals surface area (Å²) >= 11 is 0. The molecule has 1 aliphatic heterocycles. The molecule has 1 rings (SSSR count). The summed E-state index contributed by atoms with van der Waals surface area (Å²) in [6, 6.07) is -0.718. The Morgan fingerprint density at radius 3 is 2.92 bits per heavy atom. The minimum absolute atomic E-state index is 0.491. The van der Waals surface area contributed by atoms with E-state index in [2.05, 4.69) is 10.7 Å². The number of rotatable bonds is 2. The Kier molecular flexibility index (Phi) is 2.82. The van der Waals surface area contributed by atoms with Crippen molar-refractivity contribution in [2.24, 2.45) is 5.73 Å². The topological polar surface area (TPSA) is 111 Å². The third kappa shape index (κ3) is 2.05. The van der Waals surface area contributed by atoms with Crippen molar-refractivity contribution in [2.75, 3.05) is 13.1 Å². The number of urea groups is 1. The first-order valence-corrected chi connectivity index (χ1v) is 3.53. The monoisotopic (exact) mass is 176 g/mol. The van der Waals surface area contributed by atoms with E-state index in [-0.39, 0.29) is 0 Å². The smallest absolute Gasteiger partial charge is 0.326 e. The van der Waals surface area contributed by atoms with Gasteiger partial charge in [0.05, 0.1) is 0 Å². The molecule has 1 aliphatic rings. The average Bonchev–Trinajstić information content (AvgIpc) is 2.33. The van der Waals surface area contributed by atoms with Crippen molar-refractivity contribution in [1.82, 2.24) is 15.8 Å². The summed E-state index contributed by atoms with van der Waals surface area (Å²) in [6.07, 6.45) is -2.23. The van der Waals surface area contributed by atoms with Crippen molar-refractivity contribution < 1.29 is 15.0 Å². The van der Waals surface area contributed by atoms with E-state index in [0.29, 0.717) is 13.1 Å². The van der Waals surface area contributed by atoms with E-state index in [4.69, 9.17) is 15.9 Å². The van der Waals surface area contributed by atoms with Gasteiger partial charge in [0.1, 0.15) is 6.17 Å². The fourth-order valence-electron chi connectivity index (χ4n) is 1.12. The number of amides is 2. The fourth-order valence-corrected chi connectivity index (χ4v) is 1.12. The molecule has 2 amide bonds. The standard InChI is InChI=1S/C5H12N4O3/c6-5(12)8-9-2-1-7-3(9)4(10)11/h3-4,7,10-11H,1-2H2,(H3,6,8,12). The van der Waals surface area contributed by atoms with Gasteiger partial charge in [-0.2, -0.15) is 5.01 Å². The molecule has 1 atom stereocenters. The van der Waals surface area contributed by atoms with Gasteiger partial charge >= 0.3 is 6.03 Å². The van der Waals surface area contributed by atoms with Crippen LogP contribution in [0.2, 0.25) is 0 Å². The lowest BCUT2D eigenvalue weighted by Gasteiger charge is -2.24. The molecule has 0 spiro atoms. The van der Waals surface area contributed by atoms with Crippen LogP contribution in [-0.4, -0.2) is 46.8 Å². The molecule has 12 heavy (non-hydrogen) atoms. The third-order valence-corrected chi connectivity index (χ3v) is 1.58. The predicted octanol–water partition coefficient (Wildman–Crippen LogP) is -2.89. The Morgan fingerprint density at radius 2 is 2.42 bits per heavy atom. The summed E-state index contributed by atoms with van der Waals surface area (Å²) in [6.45, 7) is 1.06. The summed E-state index contributed by atoms with van der Waals surface area (Å²) in [4.78, 5) is 10.4. The molecule has 1 fully saturated rings. The molecule has 0 saturated carbocycles. The summed E-state index contributed by atoms with van der Waals surface area (Å²) < 4.78 is 0. The number of aliphatic hydroxyl groups is 2. The number of hydrogen-bond donors (Lipinski definition) is 5. The van der Waals surface area contributed by atoms with E-state index in [1.54, 1.807) is 0 Å². The molecule has 6 N–H and O–H groups in total. The Labute approximate surface area is 69.1 Å². The van der Waals surface area contributed by atoms with Crippen LogP contribution in [0.15, 0.2) is 0 Å². The number of nitrogens with zero attached hydrogens (tertiary/aromatic N) is 1. The van der Waals surface area contributed by atoms with Gasteiger partial charge in [-0.05, 0) is 0 Å².